The Morgan fingerprint density at radius 3 is 1.36 bits per heavy atom. The molecule has 0 aliphatic carbocycles. The van der Waals surface area contributed by atoms with Gasteiger partial charge in [0.05, 0.1) is 33.5 Å². The van der Waals surface area contributed by atoms with Crippen molar-refractivity contribution in [2.45, 2.75) is 0 Å². The van der Waals surface area contributed by atoms with Crippen LogP contribution in [0.5, 0.6) is 0 Å². The number of hydrogen-bond acceptors (Lipinski definition) is 4. The minimum atomic E-state index is -1.08. The summed E-state index contributed by atoms with van der Waals surface area (Å²) in [4.78, 5) is 32.2. The summed E-state index contributed by atoms with van der Waals surface area (Å²) < 4.78 is 0. The fraction of sp³-hybridized carbons (Fsp3) is 0. The third kappa shape index (κ3) is 4.62. The van der Waals surface area contributed by atoms with E-state index in [0.29, 0.717) is 33.2 Å². The number of carboxylic acids is 2. The molecule has 0 aliphatic rings. The number of aromatic nitrogens is 2. The summed E-state index contributed by atoms with van der Waals surface area (Å²) in [7, 11) is 0. The second-order valence-corrected chi connectivity index (χ2v) is 5.75. The second kappa shape index (κ2) is 9.99. The minimum absolute atomic E-state index is 0. The van der Waals surface area contributed by atoms with Crippen LogP contribution in [0.2, 0.25) is 0 Å². The van der Waals surface area contributed by atoms with Crippen LogP contribution in [0.4, 0.5) is 0 Å². The molecular weight excluding hydrogens is 410 g/mol. The smallest absolute Gasteiger partial charge is 0.336 e. The summed E-state index contributed by atoms with van der Waals surface area (Å²) in [5.74, 6) is -2.16. The molecule has 0 saturated carbocycles. The van der Waals surface area contributed by atoms with Crippen molar-refractivity contribution >= 4 is 137 Å². The SMILES string of the molecule is O=C(O)c1cc(-c2cc(C(=O)O)c3ccccc3n2)nc2ccccc12.[K].[K]. The van der Waals surface area contributed by atoms with Crippen molar-refractivity contribution in [1.82, 2.24) is 9.97 Å². The van der Waals surface area contributed by atoms with Crippen LogP contribution in [0.3, 0.4) is 0 Å². The Kier molecular flexibility index (Phi) is 8.47. The molecule has 0 atom stereocenters. The molecule has 0 saturated heterocycles. The number of benzene rings is 2. The molecule has 0 spiro atoms. The summed E-state index contributed by atoms with van der Waals surface area (Å²) in [6.07, 6.45) is 0. The molecule has 0 amide bonds. The van der Waals surface area contributed by atoms with Gasteiger partial charge < -0.3 is 10.2 Å². The van der Waals surface area contributed by atoms with Crippen molar-refractivity contribution in [3.05, 3.63) is 71.8 Å². The Morgan fingerprint density at radius 2 is 1.00 bits per heavy atom. The van der Waals surface area contributed by atoms with Crippen LogP contribution in [0.25, 0.3) is 33.2 Å². The number of hydrogen-bond donors (Lipinski definition) is 2. The molecule has 6 nitrogen and oxygen atoms in total. The molecule has 8 heteroatoms. The van der Waals surface area contributed by atoms with E-state index >= 15 is 0 Å². The van der Waals surface area contributed by atoms with Crippen LogP contribution in [-0.2, 0) is 0 Å². The number of para-hydroxylation sites is 2. The van der Waals surface area contributed by atoms with Gasteiger partial charge in [0.25, 0.3) is 0 Å². The molecule has 0 unspecified atom stereocenters. The van der Waals surface area contributed by atoms with Gasteiger partial charge in [0, 0.05) is 114 Å². The maximum Gasteiger partial charge on any atom is 0.336 e. The summed E-state index contributed by atoms with van der Waals surface area (Å²) in [5, 5.41) is 20.1. The van der Waals surface area contributed by atoms with Gasteiger partial charge in [-0.2, -0.15) is 0 Å². The molecule has 0 fully saturated rings. The Morgan fingerprint density at radius 1 is 0.643 bits per heavy atom. The van der Waals surface area contributed by atoms with E-state index in [1.165, 1.54) is 12.1 Å². The van der Waals surface area contributed by atoms with Crippen LogP contribution in [-0.4, -0.2) is 135 Å². The predicted octanol–water partition coefficient (Wildman–Crippen LogP) is 3.08. The number of rotatable bonds is 3. The van der Waals surface area contributed by atoms with Crippen LogP contribution < -0.4 is 0 Å². The molecule has 4 aromatic rings. The zero-order valence-corrected chi connectivity index (χ0v) is 21.6. The summed E-state index contributed by atoms with van der Waals surface area (Å²) in [6, 6.07) is 16.7. The molecule has 0 bridgehead atoms. The molecule has 4 rings (SSSR count). The molecule has 2 N–H and O–H groups in total. The standard InChI is InChI=1S/C20H12N2O4.2K/c23-19(24)13-9-17(21-15-7-3-1-5-11(13)15)18-10-14(20(25)26)12-6-2-4-8-16(12)22-18;;/h1-10H,(H,23,24)(H,25,26);;. The van der Waals surface area contributed by atoms with Crippen LogP contribution in [0.15, 0.2) is 60.7 Å². The van der Waals surface area contributed by atoms with Crippen molar-refractivity contribution in [2.75, 3.05) is 0 Å². The summed E-state index contributed by atoms with van der Waals surface area (Å²) in [5.41, 5.74) is 1.84. The monoisotopic (exact) mass is 422 g/mol. The minimum Gasteiger partial charge on any atom is -0.478 e. The average molecular weight is 423 g/mol. The predicted molar refractivity (Wildman–Crippen MR) is 108 cm³/mol. The topological polar surface area (TPSA) is 100 Å². The third-order valence-electron chi connectivity index (χ3n) is 4.16. The molecular formula is C20H12K2N2O4. The van der Waals surface area contributed by atoms with Crippen molar-refractivity contribution < 1.29 is 19.8 Å². The fourth-order valence-corrected chi connectivity index (χ4v) is 2.97. The van der Waals surface area contributed by atoms with Crippen molar-refractivity contribution in [1.29, 1.82) is 0 Å². The first-order valence-electron chi connectivity index (χ1n) is 7.81. The first-order chi connectivity index (χ1) is 12.5. The van der Waals surface area contributed by atoms with E-state index in [4.69, 9.17) is 0 Å². The number of nitrogens with zero attached hydrogens (tertiary/aromatic N) is 2. The normalized spacial score (nSPS) is 10.1. The zero-order valence-electron chi connectivity index (χ0n) is 15.4. The quantitative estimate of drug-likeness (QED) is 0.492. The van der Waals surface area contributed by atoms with Crippen molar-refractivity contribution in [3.8, 4) is 11.4 Å². The summed E-state index contributed by atoms with van der Waals surface area (Å²) >= 11 is 0. The van der Waals surface area contributed by atoms with Crippen molar-refractivity contribution in [2.24, 2.45) is 0 Å². The number of carbonyl (C=O) groups is 2. The van der Waals surface area contributed by atoms with E-state index in [1.54, 1.807) is 48.5 Å². The number of carboxylic acid groups (broad SMARTS) is 2. The second-order valence-electron chi connectivity index (χ2n) is 5.75. The van der Waals surface area contributed by atoms with E-state index in [2.05, 4.69) is 9.97 Å². The summed E-state index contributed by atoms with van der Waals surface area (Å²) in [6.45, 7) is 0. The molecule has 2 heterocycles. The Balaban J connectivity index is 0.00000140. The Labute approximate surface area is 245 Å². The van der Waals surface area contributed by atoms with Gasteiger partial charge in [0.15, 0.2) is 0 Å². The van der Waals surface area contributed by atoms with Gasteiger partial charge in [-0.15, -0.1) is 0 Å². The number of fused-ring (bicyclic) bond motifs is 2. The zero-order chi connectivity index (χ0) is 18.3. The Hall–Kier alpha value is -0.527. The number of pyridine rings is 2. The first kappa shape index (κ1) is 23.7. The molecule has 128 valence electrons. The fourth-order valence-electron chi connectivity index (χ4n) is 2.97. The van der Waals surface area contributed by atoms with E-state index in [-0.39, 0.29) is 114 Å². The molecule has 2 aromatic heterocycles. The number of aromatic carboxylic acids is 2. The molecule has 2 aromatic carbocycles. The van der Waals surface area contributed by atoms with Gasteiger partial charge in [0.1, 0.15) is 0 Å². The maximum absolute atomic E-state index is 11.6. The van der Waals surface area contributed by atoms with Gasteiger partial charge in [-0.3, -0.25) is 0 Å². The molecule has 0 aliphatic heterocycles. The van der Waals surface area contributed by atoms with Gasteiger partial charge in [-0.05, 0) is 24.3 Å². The van der Waals surface area contributed by atoms with E-state index in [1.807, 2.05) is 0 Å². The van der Waals surface area contributed by atoms with Crippen LogP contribution >= 0.6 is 0 Å². The molecule has 28 heavy (non-hydrogen) atoms. The van der Waals surface area contributed by atoms with Crippen LogP contribution in [0, 0.1) is 0 Å². The van der Waals surface area contributed by atoms with Crippen LogP contribution in [0.1, 0.15) is 20.7 Å². The van der Waals surface area contributed by atoms with Gasteiger partial charge in [0.2, 0.25) is 0 Å². The van der Waals surface area contributed by atoms with E-state index < -0.39 is 11.9 Å². The van der Waals surface area contributed by atoms with E-state index in [0.717, 1.165) is 0 Å². The van der Waals surface area contributed by atoms with E-state index in [9.17, 15) is 19.8 Å². The first-order valence-corrected chi connectivity index (χ1v) is 7.81. The maximum atomic E-state index is 11.6. The van der Waals surface area contributed by atoms with Gasteiger partial charge in [-0.25, -0.2) is 19.6 Å². The molecule has 2 radical (unpaired) electrons. The van der Waals surface area contributed by atoms with Gasteiger partial charge in [-0.1, -0.05) is 36.4 Å². The largest absolute Gasteiger partial charge is 0.478 e. The third-order valence-corrected chi connectivity index (χ3v) is 4.16. The van der Waals surface area contributed by atoms with Crippen molar-refractivity contribution in [3.63, 3.8) is 0 Å². The van der Waals surface area contributed by atoms with Gasteiger partial charge >= 0.3 is 11.9 Å². The Bertz CT molecular complexity index is 1120. The average Bonchev–Trinajstić information content (AvgIpc) is 2.66.